The Balaban J connectivity index is 1.88. The van der Waals surface area contributed by atoms with Crippen LogP contribution in [0.3, 0.4) is 0 Å². The highest BCUT2D eigenvalue weighted by atomic mass is 32.2. The van der Waals surface area contributed by atoms with Gasteiger partial charge in [-0.05, 0) is 25.5 Å². The van der Waals surface area contributed by atoms with E-state index in [2.05, 4.69) is 46.2 Å². The van der Waals surface area contributed by atoms with E-state index in [4.69, 9.17) is 4.52 Å². The van der Waals surface area contributed by atoms with Gasteiger partial charge in [-0.3, -0.25) is 0 Å². The second-order valence-corrected chi connectivity index (χ2v) is 6.32. The molecule has 0 aliphatic carbocycles. The lowest BCUT2D eigenvalue weighted by Gasteiger charge is -2.22. The maximum atomic E-state index is 5.24. The van der Waals surface area contributed by atoms with Crippen LogP contribution < -0.4 is 4.90 Å². The van der Waals surface area contributed by atoms with Crippen LogP contribution in [0.1, 0.15) is 25.1 Å². The van der Waals surface area contributed by atoms with E-state index in [0.717, 1.165) is 13.0 Å². The number of anilines is 1. The maximum absolute atomic E-state index is 5.24. The van der Waals surface area contributed by atoms with Crippen molar-refractivity contribution in [2.24, 2.45) is 0 Å². The van der Waals surface area contributed by atoms with Crippen molar-refractivity contribution in [1.82, 2.24) is 10.1 Å². The van der Waals surface area contributed by atoms with Crippen LogP contribution >= 0.6 is 11.8 Å². The fourth-order valence-corrected chi connectivity index (χ4v) is 3.42. The second kappa shape index (κ2) is 5.25. The quantitative estimate of drug-likeness (QED) is 0.841. The number of aromatic nitrogens is 2. The predicted molar refractivity (Wildman–Crippen MR) is 76.5 cm³/mol. The van der Waals surface area contributed by atoms with Gasteiger partial charge in [0.15, 0.2) is 5.82 Å². The lowest BCUT2D eigenvalue weighted by molar-refractivity contribution is 0.372. The summed E-state index contributed by atoms with van der Waals surface area (Å²) in [5, 5.41) is 4.49. The fourth-order valence-electron chi connectivity index (χ4n) is 2.28. The molecule has 19 heavy (non-hydrogen) atoms. The molecule has 3 rings (SSSR count). The minimum atomic E-state index is 0.635. The van der Waals surface area contributed by atoms with Crippen LogP contribution in [-0.2, 0) is 6.54 Å². The normalized spacial score (nSPS) is 19.1. The van der Waals surface area contributed by atoms with Gasteiger partial charge < -0.3 is 9.42 Å². The molecule has 0 fully saturated rings. The van der Waals surface area contributed by atoms with E-state index < -0.39 is 0 Å². The van der Waals surface area contributed by atoms with E-state index in [1.807, 2.05) is 18.7 Å². The number of rotatable bonds is 2. The molecule has 0 amide bonds. The van der Waals surface area contributed by atoms with Crippen molar-refractivity contribution in [1.29, 1.82) is 0 Å². The third-order valence-electron chi connectivity index (χ3n) is 3.24. The van der Waals surface area contributed by atoms with Gasteiger partial charge in [-0.1, -0.05) is 24.2 Å². The van der Waals surface area contributed by atoms with Crippen LogP contribution in [-0.4, -0.2) is 21.9 Å². The van der Waals surface area contributed by atoms with Gasteiger partial charge in [0.05, 0.1) is 12.2 Å². The topological polar surface area (TPSA) is 42.2 Å². The first-order valence-electron chi connectivity index (χ1n) is 6.52. The summed E-state index contributed by atoms with van der Waals surface area (Å²) in [7, 11) is 0. The zero-order chi connectivity index (χ0) is 13.2. The predicted octanol–water partition coefficient (Wildman–Crippen LogP) is 3.27. The molecule has 0 saturated carbocycles. The van der Waals surface area contributed by atoms with Gasteiger partial charge in [0, 0.05) is 16.7 Å². The van der Waals surface area contributed by atoms with E-state index >= 15 is 0 Å². The molecule has 1 aliphatic heterocycles. The largest absolute Gasteiger partial charge is 0.361 e. The Kier molecular flexibility index (Phi) is 3.46. The molecule has 1 unspecified atom stereocenters. The first-order chi connectivity index (χ1) is 9.22. The average molecular weight is 275 g/mol. The van der Waals surface area contributed by atoms with Crippen LogP contribution in [0.15, 0.2) is 33.7 Å². The number of benzene rings is 1. The lowest BCUT2D eigenvalue weighted by Crippen LogP contribution is -2.24. The molecule has 0 N–H and O–H groups in total. The monoisotopic (exact) mass is 275 g/mol. The molecule has 5 heteroatoms. The molecule has 0 radical (unpaired) electrons. The Labute approximate surface area is 117 Å². The van der Waals surface area contributed by atoms with Crippen molar-refractivity contribution in [3.05, 3.63) is 36.0 Å². The minimum absolute atomic E-state index is 0.635. The number of hydrogen-bond donors (Lipinski definition) is 0. The summed E-state index contributed by atoms with van der Waals surface area (Å²) in [4.78, 5) is 7.97. The summed E-state index contributed by atoms with van der Waals surface area (Å²) < 4.78 is 5.24. The van der Waals surface area contributed by atoms with Crippen molar-refractivity contribution in [2.75, 3.05) is 11.4 Å². The number of aryl methyl sites for hydroxylation is 1. The van der Waals surface area contributed by atoms with Crippen molar-refractivity contribution in [2.45, 2.75) is 37.0 Å². The van der Waals surface area contributed by atoms with Gasteiger partial charge in [-0.25, -0.2) is 0 Å². The van der Waals surface area contributed by atoms with Gasteiger partial charge in [0.1, 0.15) is 0 Å². The Morgan fingerprint density at radius 2 is 2.26 bits per heavy atom. The SMILES string of the molecule is Cc1noc(CN2CCC(C)Sc3ccccc32)n1. The first kappa shape index (κ1) is 12.5. The average Bonchev–Trinajstić information content (AvgIpc) is 2.73. The zero-order valence-electron chi connectivity index (χ0n) is 11.2. The molecule has 0 spiro atoms. The molecular formula is C14H17N3OS. The minimum Gasteiger partial charge on any atom is -0.361 e. The number of fused-ring (bicyclic) bond motifs is 1. The summed E-state index contributed by atoms with van der Waals surface area (Å²) in [6.07, 6.45) is 1.16. The van der Waals surface area contributed by atoms with Gasteiger partial charge in [-0.2, -0.15) is 4.98 Å². The van der Waals surface area contributed by atoms with E-state index in [1.54, 1.807) is 0 Å². The molecular weight excluding hydrogens is 258 g/mol. The van der Waals surface area contributed by atoms with Crippen LogP contribution in [0.4, 0.5) is 5.69 Å². The molecule has 2 aromatic rings. The Morgan fingerprint density at radius 3 is 3.05 bits per heavy atom. The van der Waals surface area contributed by atoms with Crippen LogP contribution in [0.5, 0.6) is 0 Å². The summed E-state index contributed by atoms with van der Waals surface area (Å²) in [6, 6.07) is 8.54. The zero-order valence-corrected chi connectivity index (χ0v) is 12.0. The van der Waals surface area contributed by atoms with Crippen LogP contribution in [0, 0.1) is 6.92 Å². The van der Waals surface area contributed by atoms with Gasteiger partial charge in [0.2, 0.25) is 5.89 Å². The Hall–Kier alpha value is -1.49. The highest BCUT2D eigenvalue weighted by Gasteiger charge is 2.20. The van der Waals surface area contributed by atoms with Crippen molar-refractivity contribution >= 4 is 17.4 Å². The van der Waals surface area contributed by atoms with Crippen LogP contribution in [0.25, 0.3) is 0 Å². The van der Waals surface area contributed by atoms with Gasteiger partial charge in [-0.15, -0.1) is 11.8 Å². The highest BCUT2D eigenvalue weighted by Crippen LogP contribution is 2.37. The highest BCUT2D eigenvalue weighted by molar-refractivity contribution is 8.00. The van der Waals surface area contributed by atoms with E-state index in [-0.39, 0.29) is 0 Å². The van der Waals surface area contributed by atoms with Crippen molar-refractivity contribution < 1.29 is 4.52 Å². The van der Waals surface area contributed by atoms with Crippen LogP contribution in [0.2, 0.25) is 0 Å². The summed E-state index contributed by atoms with van der Waals surface area (Å²) >= 11 is 1.94. The summed E-state index contributed by atoms with van der Waals surface area (Å²) in [6.45, 7) is 5.83. The van der Waals surface area contributed by atoms with Crippen molar-refractivity contribution in [3.63, 3.8) is 0 Å². The smallest absolute Gasteiger partial charge is 0.246 e. The molecule has 0 bridgehead atoms. The van der Waals surface area contributed by atoms with Crippen molar-refractivity contribution in [3.8, 4) is 0 Å². The fraction of sp³-hybridized carbons (Fsp3) is 0.429. The molecule has 2 heterocycles. The number of nitrogens with zero attached hydrogens (tertiary/aromatic N) is 3. The third kappa shape index (κ3) is 2.76. The number of para-hydroxylation sites is 1. The van der Waals surface area contributed by atoms with Gasteiger partial charge >= 0.3 is 0 Å². The molecule has 4 nitrogen and oxygen atoms in total. The summed E-state index contributed by atoms with van der Waals surface area (Å²) in [5.41, 5.74) is 1.27. The number of thioether (sulfide) groups is 1. The second-order valence-electron chi connectivity index (χ2n) is 4.84. The maximum Gasteiger partial charge on any atom is 0.246 e. The molecule has 1 atom stereocenters. The van der Waals surface area contributed by atoms with E-state index in [0.29, 0.717) is 23.5 Å². The molecule has 1 aliphatic rings. The Bertz CT molecular complexity index is 569. The molecule has 0 saturated heterocycles. The van der Waals surface area contributed by atoms with Gasteiger partial charge in [0.25, 0.3) is 0 Å². The third-order valence-corrected chi connectivity index (χ3v) is 4.47. The molecule has 1 aromatic heterocycles. The number of hydrogen-bond acceptors (Lipinski definition) is 5. The Morgan fingerprint density at radius 1 is 1.42 bits per heavy atom. The van der Waals surface area contributed by atoms with E-state index in [9.17, 15) is 0 Å². The molecule has 1 aromatic carbocycles. The standard InChI is InChI=1S/C14H17N3OS/c1-10-7-8-17(9-14-15-11(2)16-18-14)12-5-3-4-6-13(12)19-10/h3-6,10H,7-9H2,1-2H3. The van der Waals surface area contributed by atoms with E-state index in [1.165, 1.54) is 10.6 Å². The lowest BCUT2D eigenvalue weighted by atomic mass is 10.2. The summed E-state index contributed by atoms with van der Waals surface area (Å²) in [5.74, 6) is 1.38. The first-order valence-corrected chi connectivity index (χ1v) is 7.40. The molecule has 100 valence electrons.